The Labute approximate surface area is 107 Å². The molecular weight excluding hydrogens is 261 g/mol. The Bertz CT molecular complexity index is 306. The standard InChI is InChI=1S/C10H24NO4PS/c1-8(2)9(16(12,14-6)15-7)11-17(13)10(3,4)5/h8-9,11H,1-7H3/t9-,17+/m1/s1. The van der Waals surface area contributed by atoms with Crippen LogP contribution in [0.4, 0.5) is 0 Å². The molecule has 17 heavy (non-hydrogen) atoms. The lowest BCUT2D eigenvalue weighted by Crippen LogP contribution is -2.42. The van der Waals surface area contributed by atoms with Crippen LogP contribution >= 0.6 is 7.60 Å². The highest BCUT2D eigenvalue weighted by atomic mass is 32.2. The van der Waals surface area contributed by atoms with Gasteiger partial charge in [-0.3, -0.25) is 4.57 Å². The van der Waals surface area contributed by atoms with Crippen molar-refractivity contribution in [3.8, 4) is 0 Å². The van der Waals surface area contributed by atoms with Gasteiger partial charge < -0.3 is 9.05 Å². The fourth-order valence-electron chi connectivity index (χ4n) is 1.15. The average molecular weight is 285 g/mol. The predicted molar refractivity (Wildman–Crippen MR) is 71.3 cm³/mol. The molecule has 0 amide bonds. The van der Waals surface area contributed by atoms with E-state index >= 15 is 0 Å². The van der Waals surface area contributed by atoms with Gasteiger partial charge in [0.25, 0.3) is 0 Å². The molecule has 0 aromatic carbocycles. The maximum atomic E-state index is 12.3. The molecule has 5 nitrogen and oxygen atoms in total. The van der Waals surface area contributed by atoms with E-state index in [9.17, 15) is 8.77 Å². The van der Waals surface area contributed by atoms with Crippen molar-refractivity contribution < 1.29 is 17.8 Å². The Kier molecular flexibility index (Phi) is 6.53. The molecule has 0 unspecified atom stereocenters. The van der Waals surface area contributed by atoms with Crippen LogP contribution in [0.5, 0.6) is 0 Å². The Morgan fingerprint density at radius 2 is 1.59 bits per heavy atom. The molecule has 0 rings (SSSR count). The summed E-state index contributed by atoms with van der Waals surface area (Å²) in [6.45, 7) is 9.29. The first-order chi connectivity index (χ1) is 7.58. The smallest absolute Gasteiger partial charge is 0.311 e. The van der Waals surface area contributed by atoms with Gasteiger partial charge in [-0.05, 0) is 26.7 Å². The van der Waals surface area contributed by atoms with Crippen molar-refractivity contribution in [2.24, 2.45) is 5.92 Å². The van der Waals surface area contributed by atoms with Crippen LogP contribution in [0.25, 0.3) is 0 Å². The first-order valence-corrected chi connectivity index (χ1v) is 8.24. The fraction of sp³-hybridized carbons (Fsp3) is 1.00. The van der Waals surface area contributed by atoms with Crippen LogP contribution in [-0.4, -0.2) is 29.0 Å². The zero-order valence-corrected chi connectivity index (χ0v) is 13.4. The van der Waals surface area contributed by atoms with Crippen molar-refractivity contribution in [2.45, 2.75) is 45.1 Å². The second kappa shape index (κ2) is 6.43. The monoisotopic (exact) mass is 285 g/mol. The largest absolute Gasteiger partial charge is 0.348 e. The lowest BCUT2D eigenvalue weighted by Gasteiger charge is -2.30. The highest BCUT2D eigenvalue weighted by Gasteiger charge is 2.39. The van der Waals surface area contributed by atoms with Gasteiger partial charge in [0.05, 0.1) is 15.7 Å². The molecule has 104 valence electrons. The van der Waals surface area contributed by atoms with Crippen LogP contribution < -0.4 is 4.72 Å². The van der Waals surface area contributed by atoms with Crippen LogP contribution in [0, 0.1) is 5.92 Å². The lowest BCUT2D eigenvalue weighted by molar-refractivity contribution is 0.254. The summed E-state index contributed by atoms with van der Waals surface area (Å²) >= 11 is 0. The molecule has 0 aromatic rings. The molecule has 1 N–H and O–H groups in total. The van der Waals surface area contributed by atoms with Crippen LogP contribution in [0.15, 0.2) is 0 Å². The third-order valence-electron chi connectivity index (χ3n) is 2.27. The van der Waals surface area contributed by atoms with Gasteiger partial charge in [-0.15, -0.1) is 0 Å². The van der Waals surface area contributed by atoms with Crippen LogP contribution in [0.2, 0.25) is 0 Å². The second-order valence-corrected chi connectivity index (χ2v) is 9.46. The average Bonchev–Trinajstić information content (AvgIpc) is 2.22. The summed E-state index contributed by atoms with van der Waals surface area (Å²) in [7, 11) is -1.93. The van der Waals surface area contributed by atoms with E-state index in [2.05, 4.69) is 4.72 Å². The summed E-state index contributed by atoms with van der Waals surface area (Å²) in [5, 5.41) is 0. The summed E-state index contributed by atoms with van der Waals surface area (Å²) in [6, 6.07) is 0. The highest BCUT2D eigenvalue weighted by molar-refractivity contribution is 7.84. The second-order valence-electron chi connectivity index (χ2n) is 5.09. The normalized spacial score (nSPS) is 17.2. The van der Waals surface area contributed by atoms with Crippen molar-refractivity contribution in [1.29, 1.82) is 0 Å². The van der Waals surface area contributed by atoms with E-state index in [0.29, 0.717) is 0 Å². The third kappa shape index (κ3) is 4.79. The van der Waals surface area contributed by atoms with E-state index in [0.717, 1.165) is 0 Å². The van der Waals surface area contributed by atoms with Gasteiger partial charge in [-0.25, -0.2) is 8.93 Å². The minimum atomic E-state index is -3.28. The molecule has 0 saturated heterocycles. The summed E-state index contributed by atoms with van der Waals surface area (Å²) in [4.78, 5) is 0. The van der Waals surface area contributed by atoms with E-state index in [4.69, 9.17) is 9.05 Å². The number of hydrogen-bond acceptors (Lipinski definition) is 4. The molecule has 0 spiro atoms. The SMILES string of the molecule is COP(=O)(OC)[C@@H](N[S@@](=O)C(C)(C)C)C(C)C. The molecular formula is C10H24NO4PS. The van der Waals surface area contributed by atoms with E-state index in [1.165, 1.54) is 14.2 Å². The molecule has 0 aliphatic heterocycles. The van der Waals surface area contributed by atoms with Gasteiger partial charge >= 0.3 is 7.60 Å². The van der Waals surface area contributed by atoms with E-state index in [1.54, 1.807) is 0 Å². The molecule has 0 heterocycles. The molecule has 0 saturated carbocycles. The molecule has 0 aliphatic carbocycles. The van der Waals surface area contributed by atoms with Gasteiger partial charge in [-0.1, -0.05) is 13.8 Å². The van der Waals surface area contributed by atoms with Crippen LogP contribution in [-0.2, 0) is 24.6 Å². The number of nitrogens with one attached hydrogen (secondary N) is 1. The van der Waals surface area contributed by atoms with Crippen molar-refractivity contribution in [2.75, 3.05) is 14.2 Å². The minimum absolute atomic E-state index is 0.0213. The Morgan fingerprint density at radius 3 is 1.82 bits per heavy atom. The Balaban J connectivity index is 5.03. The molecule has 2 atom stereocenters. The summed E-state index contributed by atoms with van der Waals surface area (Å²) < 4.78 is 36.7. The molecule has 0 fully saturated rings. The highest BCUT2D eigenvalue weighted by Crippen LogP contribution is 2.53. The topological polar surface area (TPSA) is 64.6 Å². The zero-order chi connectivity index (χ0) is 13.9. The predicted octanol–water partition coefficient (Wildman–Crippen LogP) is 2.51. The lowest BCUT2D eigenvalue weighted by atomic mass is 10.2. The molecule has 0 aromatic heterocycles. The summed E-state index contributed by atoms with van der Waals surface area (Å²) in [5.74, 6) is -0.607. The Morgan fingerprint density at radius 1 is 1.18 bits per heavy atom. The first kappa shape index (κ1) is 17.3. The maximum absolute atomic E-state index is 12.3. The van der Waals surface area contributed by atoms with Gasteiger partial charge in [0, 0.05) is 14.2 Å². The van der Waals surface area contributed by atoms with Gasteiger partial charge in [0.1, 0.15) is 5.78 Å². The van der Waals surface area contributed by atoms with Crippen molar-refractivity contribution in [3.05, 3.63) is 0 Å². The molecule has 0 aliphatic rings. The first-order valence-electron chi connectivity index (χ1n) is 5.47. The fourth-order valence-corrected chi connectivity index (χ4v) is 4.14. The number of hydrogen-bond donors (Lipinski definition) is 1. The quantitative estimate of drug-likeness (QED) is 0.762. The Hall–Kier alpha value is 0.260. The minimum Gasteiger partial charge on any atom is -0.311 e. The molecule has 7 heteroatoms. The molecule has 0 radical (unpaired) electrons. The zero-order valence-electron chi connectivity index (χ0n) is 11.6. The van der Waals surface area contributed by atoms with Crippen molar-refractivity contribution in [1.82, 2.24) is 4.72 Å². The van der Waals surface area contributed by atoms with Gasteiger partial charge in [0.15, 0.2) is 0 Å². The molecule has 0 bridgehead atoms. The van der Waals surface area contributed by atoms with Crippen LogP contribution in [0.1, 0.15) is 34.6 Å². The summed E-state index contributed by atoms with van der Waals surface area (Å²) in [5.41, 5.74) is 0. The van der Waals surface area contributed by atoms with Gasteiger partial charge in [-0.2, -0.15) is 0 Å². The summed E-state index contributed by atoms with van der Waals surface area (Å²) in [6.07, 6.45) is 0. The van der Waals surface area contributed by atoms with Crippen molar-refractivity contribution >= 4 is 18.6 Å². The van der Waals surface area contributed by atoms with E-state index < -0.39 is 29.1 Å². The van der Waals surface area contributed by atoms with E-state index in [1.807, 2.05) is 34.6 Å². The van der Waals surface area contributed by atoms with E-state index in [-0.39, 0.29) is 5.92 Å². The van der Waals surface area contributed by atoms with Crippen molar-refractivity contribution in [3.63, 3.8) is 0 Å². The third-order valence-corrected chi connectivity index (χ3v) is 6.44. The maximum Gasteiger partial charge on any atom is 0.348 e. The van der Waals surface area contributed by atoms with Gasteiger partial charge in [0.2, 0.25) is 0 Å². The number of rotatable bonds is 6. The van der Waals surface area contributed by atoms with Crippen LogP contribution in [0.3, 0.4) is 0 Å².